The van der Waals surface area contributed by atoms with Crippen LogP contribution in [0.25, 0.3) is 0 Å². The lowest BCUT2D eigenvalue weighted by molar-refractivity contribution is -0.384. The van der Waals surface area contributed by atoms with Gasteiger partial charge in [-0.05, 0) is 51.5 Å². The van der Waals surface area contributed by atoms with Crippen molar-refractivity contribution in [3.8, 4) is 11.5 Å². The molecule has 0 fully saturated rings. The SMILES string of the molecule is COc1cc([C@@H]2Nc3c(cccc3[N+](=O)[O-])[C@@H]3C=CC[C@H]32)cc(Br)c1OC. The van der Waals surface area contributed by atoms with E-state index in [2.05, 4.69) is 33.4 Å². The van der Waals surface area contributed by atoms with Gasteiger partial charge in [0.1, 0.15) is 5.69 Å². The number of hydrogen-bond donors (Lipinski definition) is 1. The molecule has 1 aliphatic carbocycles. The van der Waals surface area contributed by atoms with Crippen molar-refractivity contribution in [2.75, 3.05) is 19.5 Å². The molecule has 0 saturated carbocycles. The Bertz CT molecular complexity index is 944. The van der Waals surface area contributed by atoms with Crippen molar-refractivity contribution >= 4 is 27.3 Å². The molecule has 0 saturated heterocycles. The van der Waals surface area contributed by atoms with Crippen LogP contribution in [0.1, 0.15) is 29.5 Å². The Morgan fingerprint density at radius 2 is 2.07 bits per heavy atom. The topological polar surface area (TPSA) is 73.6 Å². The molecule has 1 heterocycles. The summed E-state index contributed by atoms with van der Waals surface area (Å²) in [6.07, 6.45) is 5.24. The number of nitrogens with one attached hydrogen (secondary N) is 1. The van der Waals surface area contributed by atoms with Gasteiger partial charge in [0.25, 0.3) is 5.69 Å². The first kappa shape index (κ1) is 17.9. The van der Waals surface area contributed by atoms with E-state index in [0.29, 0.717) is 17.2 Å². The number of methoxy groups -OCH3 is 2. The monoisotopic (exact) mass is 430 g/mol. The smallest absolute Gasteiger partial charge is 0.292 e. The van der Waals surface area contributed by atoms with Gasteiger partial charge in [0, 0.05) is 12.0 Å². The first-order chi connectivity index (χ1) is 13.0. The van der Waals surface area contributed by atoms with Crippen molar-refractivity contribution in [2.45, 2.75) is 18.4 Å². The quantitative estimate of drug-likeness (QED) is 0.409. The highest BCUT2D eigenvalue weighted by Crippen LogP contribution is 2.53. The largest absolute Gasteiger partial charge is 0.493 e. The summed E-state index contributed by atoms with van der Waals surface area (Å²) < 4.78 is 11.7. The Morgan fingerprint density at radius 3 is 2.78 bits per heavy atom. The maximum atomic E-state index is 11.5. The van der Waals surface area contributed by atoms with Crippen LogP contribution in [-0.2, 0) is 0 Å². The normalized spacial score (nSPS) is 22.6. The van der Waals surface area contributed by atoms with E-state index in [0.717, 1.165) is 22.0 Å². The van der Waals surface area contributed by atoms with Crippen LogP contribution in [0.3, 0.4) is 0 Å². The number of nitro groups is 1. The molecule has 2 aromatic carbocycles. The van der Waals surface area contributed by atoms with E-state index >= 15 is 0 Å². The van der Waals surface area contributed by atoms with E-state index in [1.54, 1.807) is 26.4 Å². The van der Waals surface area contributed by atoms with Gasteiger partial charge in [0.05, 0.1) is 29.7 Å². The number of halogens is 1. The summed E-state index contributed by atoms with van der Waals surface area (Å²) in [5, 5.41) is 15.0. The highest BCUT2D eigenvalue weighted by atomic mass is 79.9. The summed E-state index contributed by atoms with van der Waals surface area (Å²) in [5.74, 6) is 1.69. The molecule has 4 rings (SSSR count). The molecule has 0 bridgehead atoms. The molecular formula is C20H19BrN2O4. The predicted octanol–water partition coefficient (Wildman–Crippen LogP) is 5.20. The van der Waals surface area contributed by atoms with E-state index in [4.69, 9.17) is 9.47 Å². The van der Waals surface area contributed by atoms with Gasteiger partial charge in [0.2, 0.25) is 0 Å². The number of anilines is 1. The van der Waals surface area contributed by atoms with Crippen LogP contribution in [0.4, 0.5) is 11.4 Å². The molecule has 0 amide bonds. The van der Waals surface area contributed by atoms with Crippen LogP contribution in [0, 0.1) is 16.0 Å². The summed E-state index contributed by atoms with van der Waals surface area (Å²) >= 11 is 3.55. The van der Waals surface area contributed by atoms with Crippen molar-refractivity contribution < 1.29 is 14.4 Å². The third-order valence-corrected chi connectivity index (χ3v) is 5.98. The number of hydrogen-bond acceptors (Lipinski definition) is 5. The van der Waals surface area contributed by atoms with Crippen LogP contribution in [0.2, 0.25) is 0 Å². The molecule has 0 spiro atoms. The molecule has 2 aromatic rings. The van der Waals surface area contributed by atoms with Gasteiger partial charge >= 0.3 is 0 Å². The second-order valence-corrected chi connectivity index (χ2v) is 7.57. The number of rotatable bonds is 4. The number of nitrogens with zero attached hydrogens (tertiary/aromatic N) is 1. The molecule has 1 aliphatic heterocycles. The van der Waals surface area contributed by atoms with Gasteiger partial charge in [-0.3, -0.25) is 10.1 Å². The zero-order chi connectivity index (χ0) is 19.1. The Hall–Kier alpha value is -2.54. The Balaban J connectivity index is 1.84. The average Bonchev–Trinajstić information content (AvgIpc) is 3.16. The molecule has 0 aromatic heterocycles. The summed E-state index contributed by atoms with van der Waals surface area (Å²) in [6.45, 7) is 0. The third kappa shape index (κ3) is 2.86. The fourth-order valence-corrected chi connectivity index (χ4v) is 4.83. The zero-order valence-corrected chi connectivity index (χ0v) is 16.5. The van der Waals surface area contributed by atoms with Gasteiger partial charge in [0.15, 0.2) is 11.5 Å². The molecule has 140 valence electrons. The number of allylic oxidation sites excluding steroid dienone is 2. The summed E-state index contributed by atoms with van der Waals surface area (Å²) in [6, 6.07) is 9.14. The van der Waals surface area contributed by atoms with Crippen LogP contribution in [0.5, 0.6) is 11.5 Å². The second kappa shape index (κ2) is 6.88. The fraction of sp³-hybridized carbons (Fsp3) is 0.300. The van der Waals surface area contributed by atoms with Gasteiger partial charge in [-0.15, -0.1) is 0 Å². The average molecular weight is 431 g/mol. The maximum Gasteiger partial charge on any atom is 0.292 e. The lowest BCUT2D eigenvalue weighted by Crippen LogP contribution is -2.29. The van der Waals surface area contributed by atoms with Crippen LogP contribution in [-0.4, -0.2) is 19.1 Å². The van der Waals surface area contributed by atoms with Gasteiger partial charge in [-0.25, -0.2) is 0 Å². The van der Waals surface area contributed by atoms with Crippen molar-refractivity contribution in [2.24, 2.45) is 5.92 Å². The van der Waals surface area contributed by atoms with Crippen LogP contribution in [0.15, 0.2) is 47.0 Å². The molecule has 2 aliphatic rings. The molecule has 7 heteroatoms. The minimum Gasteiger partial charge on any atom is -0.493 e. The van der Waals surface area contributed by atoms with Crippen molar-refractivity contribution in [1.29, 1.82) is 0 Å². The van der Waals surface area contributed by atoms with Gasteiger partial charge in [-0.1, -0.05) is 24.3 Å². The highest BCUT2D eigenvalue weighted by molar-refractivity contribution is 9.10. The van der Waals surface area contributed by atoms with Gasteiger partial charge in [-0.2, -0.15) is 0 Å². The minimum absolute atomic E-state index is 0.0743. The number of benzene rings is 2. The lowest BCUT2D eigenvalue weighted by Gasteiger charge is -2.37. The van der Waals surface area contributed by atoms with E-state index < -0.39 is 0 Å². The van der Waals surface area contributed by atoms with E-state index in [1.165, 1.54) is 0 Å². The number of ether oxygens (including phenoxy) is 2. The zero-order valence-electron chi connectivity index (χ0n) is 14.9. The molecule has 1 N–H and O–H groups in total. The first-order valence-corrected chi connectivity index (χ1v) is 9.46. The molecule has 6 nitrogen and oxygen atoms in total. The summed E-state index contributed by atoms with van der Waals surface area (Å²) in [7, 11) is 3.19. The van der Waals surface area contributed by atoms with Crippen molar-refractivity contribution in [3.63, 3.8) is 0 Å². The van der Waals surface area contributed by atoms with E-state index in [1.807, 2.05) is 18.2 Å². The Morgan fingerprint density at radius 1 is 1.26 bits per heavy atom. The highest BCUT2D eigenvalue weighted by Gasteiger charge is 2.40. The Labute approximate surface area is 165 Å². The first-order valence-electron chi connectivity index (χ1n) is 8.67. The molecule has 3 atom stereocenters. The van der Waals surface area contributed by atoms with E-state index in [-0.39, 0.29) is 28.5 Å². The van der Waals surface area contributed by atoms with Crippen LogP contribution < -0.4 is 14.8 Å². The van der Waals surface area contributed by atoms with Crippen molar-refractivity contribution in [1.82, 2.24) is 0 Å². The molecule has 0 radical (unpaired) electrons. The third-order valence-electron chi connectivity index (χ3n) is 5.39. The molecular weight excluding hydrogens is 412 g/mol. The number of nitro benzene ring substituents is 1. The summed E-state index contributed by atoms with van der Waals surface area (Å²) in [5.41, 5.74) is 2.70. The molecule has 0 unspecified atom stereocenters. The fourth-order valence-electron chi connectivity index (χ4n) is 4.20. The maximum absolute atomic E-state index is 11.5. The minimum atomic E-state index is -0.327. The Kier molecular flexibility index (Phi) is 4.55. The lowest BCUT2D eigenvalue weighted by atomic mass is 9.76. The second-order valence-electron chi connectivity index (χ2n) is 6.71. The van der Waals surface area contributed by atoms with Gasteiger partial charge < -0.3 is 14.8 Å². The standard InChI is InChI=1S/C20H19BrN2O4/c1-26-17-10-11(9-15(21)20(17)27-2)18-13-6-3-5-12(13)14-7-4-8-16(23(24)25)19(14)22-18/h3-5,7-10,12-13,18,22H,6H2,1-2H3/t12-,13-,18+/m1/s1. The van der Waals surface area contributed by atoms with Crippen LogP contribution >= 0.6 is 15.9 Å². The summed E-state index contributed by atoms with van der Waals surface area (Å²) in [4.78, 5) is 11.2. The number of fused-ring (bicyclic) bond motifs is 3. The van der Waals surface area contributed by atoms with Crippen molar-refractivity contribution in [3.05, 3.63) is 68.2 Å². The molecule has 27 heavy (non-hydrogen) atoms. The number of para-hydroxylation sites is 1. The van der Waals surface area contributed by atoms with E-state index in [9.17, 15) is 10.1 Å². The predicted molar refractivity (Wildman–Crippen MR) is 107 cm³/mol.